The van der Waals surface area contributed by atoms with Crippen molar-refractivity contribution in [1.82, 2.24) is 9.78 Å². The second-order valence-corrected chi connectivity index (χ2v) is 9.44. The third-order valence-corrected chi connectivity index (χ3v) is 6.87. The van der Waals surface area contributed by atoms with Gasteiger partial charge in [-0.15, -0.1) is 0 Å². The van der Waals surface area contributed by atoms with Crippen LogP contribution >= 0.6 is 7.60 Å². The van der Waals surface area contributed by atoms with E-state index in [9.17, 15) is 13.8 Å². The number of hydrogen-bond acceptors (Lipinski definition) is 5. The molecule has 4 rings (SSSR count). The first-order chi connectivity index (χ1) is 15.4. The van der Waals surface area contributed by atoms with Gasteiger partial charge < -0.3 is 14.4 Å². The van der Waals surface area contributed by atoms with E-state index < -0.39 is 7.60 Å². The smallest absolute Gasteiger partial charge is 0.323 e. The number of benzene rings is 2. The van der Waals surface area contributed by atoms with Crippen molar-refractivity contribution in [2.75, 3.05) is 18.5 Å². The van der Waals surface area contributed by atoms with Crippen LogP contribution in [0.3, 0.4) is 0 Å². The maximum absolute atomic E-state index is 13.2. The lowest BCUT2D eigenvalue weighted by Crippen LogP contribution is -2.10. The molecule has 1 aromatic heterocycles. The van der Waals surface area contributed by atoms with Crippen molar-refractivity contribution in [3.63, 3.8) is 0 Å². The molecule has 1 saturated heterocycles. The molecule has 1 amide bonds. The molecule has 166 valence electrons. The van der Waals surface area contributed by atoms with Gasteiger partial charge in [-0.2, -0.15) is 5.10 Å². The molecular weight excluding hydrogens is 432 g/mol. The molecule has 0 saturated carbocycles. The summed E-state index contributed by atoms with van der Waals surface area (Å²) < 4.78 is 38.0. The quantitative estimate of drug-likeness (QED) is 0.418. The van der Waals surface area contributed by atoms with Crippen LogP contribution in [-0.2, 0) is 31.6 Å². The predicted octanol–water partition coefficient (Wildman–Crippen LogP) is 5.01. The Bertz CT molecular complexity index is 1160. The minimum atomic E-state index is -3.08. The molecule has 1 aliphatic heterocycles. The maximum Gasteiger partial charge on any atom is 0.335 e. The standard InChI is InChI=1S/C23H23FN3O4P/c1-27-23(18-5-8-20(24)9-6-18)19(15-25-27)7-12-22(28)26-21-10-3-17(4-11-21)16-32(29)30-13-2-14-31-32/h3-12,15H,2,13-14,16H2,1H3,(H,26,28)/b12-7+. The number of aromatic nitrogens is 2. The predicted molar refractivity (Wildman–Crippen MR) is 121 cm³/mol. The third kappa shape index (κ3) is 5.40. The number of rotatable bonds is 6. The Hall–Kier alpha value is -3.06. The average Bonchev–Trinajstić information content (AvgIpc) is 3.15. The lowest BCUT2D eigenvalue weighted by molar-refractivity contribution is -0.111. The van der Waals surface area contributed by atoms with Crippen LogP contribution in [0.15, 0.2) is 60.8 Å². The van der Waals surface area contributed by atoms with E-state index in [0.29, 0.717) is 18.9 Å². The Morgan fingerprint density at radius 2 is 1.84 bits per heavy atom. The number of aryl methyl sites for hydroxylation is 1. The van der Waals surface area contributed by atoms with E-state index in [2.05, 4.69) is 10.4 Å². The first kappa shape index (κ1) is 22.1. The number of amides is 1. The molecule has 7 nitrogen and oxygen atoms in total. The van der Waals surface area contributed by atoms with Crippen molar-refractivity contribution < 1.29 is 22.8 Å². The van der Waals surface area contributed by atoms with Gasteiger partial charge in [0.15, 0.2) is 0 Å². The molecule has 1 N–H and O–H groups in total. The summed E-state index contributed by atoms with van der Waals surface area (Å²) in [6, 6.07) is 13.2. The maximum atomic E-state index is 13.2. The summed E-state index contributed by atoms with van der Waals surface area (Å²) in [6.07, 6.45) is 5.67. The third-order valence-electron chi connectivity index (χ3n) is 4.96. The van der Waals surface area contributed by atoms with Gasteiger partial charge in [-0.05, 0) is 54.5 Å². The van der Waals surface area contributed by atoms with Crippen molar-refractivity contribution in [1.29, 1.82) is 0 Å². The van der Waals surface area contributed by atoms with Gasteiger partial charge >= 0.3 is 7.60 Å². The van der Waals surface area contributed by atoms with E-state index in [1.54, 1.807) is 60.4 Å². The fourth-order valence-electron chi connectivity index (χ4n) is 3.40. The largest absolute Gasteiger partial charge is 0.335 e. The molecule has 1 aliphatic rings. The van der Waals surface area contributed by atoms with Gasteiger partial charge in [0, 0.05) is 29.9 Å². The Labute approximate surface area is 185 Å². The molecule has 0 radical (unpaired) electrons. The normalized spacial score (nSPS) is 15.7. The zero-order chi connectivity index (χ0) is 22.6. The Balaban J connectivity index is 1.40. The van der Waals surface area contributed by atoms with Crippen LogP contribution in [0.25, 0.3) is 17.3 Å². The number of carbonyl (C=O) groups excluding carboxylic acids is 1. The van der Waals surface area contributed by atoms with E-state index in [-0.39, 0.29) is 17.9 Å². The van der Waals surface area contributed by atoms with Gasteiger partial charge in [-0.1, -0.05) is 12.1 Å². The van der Waals surface area contributed by atoms with Crippen molar-refractivity contribution >= 4 is 25.3 Å². The molecule has 9 heteroatoms. The molecule has 1 fully saturated rings. The van der Waals surface area contributed by atoms with Crippen LogP contribution in [0.2, 0.25) is 0 Å². The van der Waals surface area contributed by atoms with Gasteiger partial charge in [0.25, 0.3) is 0 Å². The van der Waals surface area contributed by atoms with Crippen LogP contribution in [0.4, 0.5) is 10.1 Å². The van der Waals surface area contributed by atoms with Gasteiger partial charge in [-0.25, -0.2) is 4.39 Å². The minimum absolute atomic E-state index is 0.203. The van der Waals surface area contributed by atoms with E-state index in [0.717, 1.165) is 28.8 Å². The first-order valence-corrected chi connectivity index (χ1v) is 11.9. The highest BCUT2D eigenvalue weighted by molar-refractivity contribution is 7.53. The fraction of sp³-hybridized carbons (Fsp3) is 0.217. The number of hydrogen-bond donors (Lipinski definition) is 1. The number of nitrogens with one attached hydrogen (secondary N) is 1. The lowest BCUT2D eigenvalue weighted by atomic mass is 10.1. The van der Waals surface area contributed by atoms with Crippen molar-refractivity contribution in [2.45, 2.75) is 12.6 Å². The molecule has 0 spiro atoms. The highest BCUT2D eigenvalue weighted by Crippen LogP contribution is 2.53. The molecule has 3 aromatic rings. The zero-order valence-electron chi connectivity index (χ0n) is 17.5. The number of nitrogens with zero attached hydrogens (tertiary/aromatic N) is 2. The van der Waals surface area contributed by atoms with E-state index in [1.807, 2.05) is 0 Å². The van der Waals surface area contributed by atoms with Crippen LogP contribution < -0.4 is 5.32 Å². The van der Waals surface area contributed by atoms with Crippen LogP contribution in [0.1, 0.15) is 17.5 Å². The summed E-state index contributed by atoms with van der Waals surface area (Å²) in [6.45, 7) is 0.884. The second kappa shape index (κ2) is 9.61. The molecule has 32 heavy (non-hydrogen) atoms. The molecule has 2 heterocycles. The van der Waals surface area contributed by atoms with Gasteiger partial charge in [0.1, 0.15) is 5.82 Å². The van der Waals surface area contributed by atoms with Crippen LogP contribution in [0.5, 0.6) is 0 Å². The van der Waals surface area contributed by atoms with Crippen molar-refractivity contribution in [3.8, 4) is 11.3 Å². The summed E-state index contributed by atoms with van der Waals surface area (Å²) >= 11 is 0. The Morgan fingerprint density at radius 1 is 1.16 bits per heavy atom. The molecule has 0 atom stereocenters. The van der Waals surface area contributed by atoms with Crippen LogP contribution in [0, 0.1) is 5.82 Å². The fourth-order valence-corrected chi connectivity index (χ4v) is 5.13. The molecule has 0 unspecified atom stereocenters. The zero-order valence-corrected chi connectivity index (χ0v) is 18.4. The summed E-state index contributed by atoms with van der Waals surface area (Å²) in [5, 5.41) is 7.03. The van der Waals surface area contributed by atoms with Gasteiger partial charge in [-0.3, -0.25) is 14.0 Å². The highest BCUT2D eigenvalue weighted by atomic mass is 31.2. The number of anilines is 1. The summed E-state index contributed by atoms with van der Waals surface area (Å²) in [5.41, 5.74) is 3.73. The minimum Gasteiger partial charge on any atom is -0.323 e. The SMILES string of the molecule is Cn1ncc(/C=C/C(=O)Nc2ccc(CP3(=O)OCCCO3)cc2)c1-c1ccc(F)cc1. The topological polar surface area (TPSA) is 82.5 Å². The van der Waals surface area contributed by atoms with Gasteiger partial charge in [0.05, 0.1) is 31.3 Å². The summed E-state index contributed by atoms with van der Waals surface area (Å²) in [4.78, 5) is 12.4. The van der Waals surface area contributed by atoms with Crippen molar-refractivity contribution in [2.24, 2.45) is 7.05 Å². The second-order valence-electron chi connectivity index (χ2n) is 7.39. The van der Waals surface area contributed by atoms with Gasteiger partial charge in [0.2, 0.25) is 5.91 Å². The summed E-state index contributed by atoms with van der Waals surface area (Å²) in [5.74, 6) is -0.622. The average molecular weight is 455 g/mol. The summed E-state index contributed by atoms with van der Waals surface area (Å²) in [7, 11) is -1.29. The molecule has 2 aromatic carbocycles. The number of halogens is 1. The Kier molecular flexibility index (Phi) is 6.65. The van der Waals surface area contributed by atoms with E-state index >= 15 is 0 Å². The molecule has 0 bridgehead atoms. The van der Waals surface area contributed by atoms with Crippen LogP contribution in [-0.4, -0.2) is 28.9 Å². The molecule has 0 aliphatic carbocycles. The number of carbonyl (C=O) groups is 1. The Morgan fingerprint density at radius 3 is 2.53 bits per heavy atom. The monoisotopic (exact) mass is 455 g/mol. The van der Waals surface area contributed by atoms with E-state index in [4.69, 9.17) is 9.05 Å². The lowest BCUT2D eigenvalue weighted by Gasteiger charge is -2.22. The first-order valence-electron chi connectivity index (χ1n) is 10.2. The highest BCUT2D eigenvalue weighted by Gasteiger charge is 2.28. The van der Waals surface area contributed by atoms with Crippen molar-refractivity contribution in [3.05, 3.63) is 77.7 Å². The van der Waals surface area contributed by atoms with E-state index in [1.165, 1.54) is 18.2 Å². The molecular formula is C23H23FN3O4P.